The average molecular weight is 218 g/mol. The second-order valence-electron chi connectivity index (χ2n) is 3.42. The van der Waals surface area contributed by atoms with Crippen molar-refractivity contribution in [1.82, 2.24) is 5.43 Å². The second-order valence-corrected chi connectivity index (χ2v) is 5.92. The van der Waals surface area contributed by atoms with Crippen LogP contribution in [0.25, 0.3) is 0 Å². The van der Waals surface area contributed by atoms with Crippen molar-refractivity contribution in [3.8, 4) is 0 Å². The van der Waals surface area contributed by atoms with Crippen LogP contribution in [0.3, 0.4) is 0 Å². The third-order valence-electron chi connectivity index (χ3n) is 1.95. The highest BCUT2D eigenvalue weighted by Gasteiger charge is 2.21. The van der Waals surface area contributed by atoms with E-state index in [9.17, 15) is 0 Å². The molecule has 2 unspecified atom stereocenters. The van der Waals surface area contributed by atoms with Crippen molar-refractivity contribution in [2.75, 3.05) is 17.3 Å². The van der Waals surface area contributed by atoms with Gasteiger partial charge in [-0.15, -0.1) is 0 Å². The SMILES string of the molecule is CC(C)=CC(NN)C1CSCCS1. The van der Waals surface area contributed by atoms with E-state index in [0.717, 1.165) is 0 Å². The molecule has 76 valence electrons. The molecule has 1 rings (SSSR count). The van der Waals surface area contributed by atoms with E-state index in [1.165, 1.54) is 22.8 Å². The smallest absolute Gasteiger partial charge is 0.0519 e. The largest absolute Gasteiger partial charge is 0.271 e. The normalized spacial score (nSPS) is 25.3. The molecule has 0 aromatic rings. The van der Waals surface area contributed by atoms with Crippen molar-refractivity contribution in [2.24, 2.45) is 5.84 Å². The molecule has 0 spiro atoms. The summed E-state index contributed by atoms with van der Waals surface area (Å²) >= 11 is 4.06. The molecule has 1 saturated heterocycles. The Bertz CT molecular complexity index is 172. The topological polar surface area (TPSA) is 38.0 Å². The Kier molecular flexibility index (Phi) is 5.24. The molecule has 2 atom stereocenters. The van der Waals surface area contributed by atoms with Gasteiger partial charge in [0.15, 0.2) is 0 Å². The number of thioether (sulfide) groups is 2. The van der Waals surface area contributed by atoms with E-state index in [1.54, 1.807) is 0 Å². The number of hydrogen-bond acceptors (Lipinski definition) is 4. The maximum atomic E-state index is 5.53. The lowest BCUT2D eigenvalue weighted by atomic mass is 10.1. The van der Waals surface area contributed by atoms with Gasteiger partial charge in [-0.2, -0.15) is 23.5 Å². The number of nitrogens with two attached hydrogens (primary N) is 1. The Morgan fingerprint density at radius 2 is 2.31 bits per heavy atom. The maximum Gasteiger partial charge on any atom is 0.0519 e. The van der Waals surface area contributed by atoms with Crippen LogP contribution in [-0.2, 0) is 0 Å². The molecule has 0 saturated carbocycles. The van der Waals surface area contributed by atoms with Gasteiger partial charge in [0.05, 0.1) is 6.04 Å². The molecule has 0 aliphatic carbocycles. The molecule has 0 aromatic heterocycles. The summed E-state index contributed by atoms with van der Waals surface area (Å²) in [7, 11) is 0. The van der Waals surface area contributed by atoms with E-state index in [2.05, 4.69) is 25.3 Å². The van der Waals surface area contributed by atoms with Gasteiger partial charge in [0, 0.05) is 22.5 Å². The molecule has 0 amide bonds. The van der Waals surface area contributed by atoms with Crippen molar-refractivity contribution in [3.63, 3.8) is 0 Å². The predicted molar refractivity (Wildman–Crippen MR) is 64.1 cm³/mol. The highest BCUT2D eigenvalue weighted by atomic mass is 32.2. The molecular formula is C9H18N2S2. The van der Waals surface area contributed by atoms with E-state index in [0.29, 0.717) is 11.3 Å². The first kappa shape index (κ1) is 11.4. The Morgan fingerprint density at radius 1 is 1.54 bits per heavy atom. The third kappa shape index (κ3) is 3.94. The van der Waals surface area contributed by atoms with Crippen molar-refractivity contribution in [2.45, 2.75) is 25.1 Å². The molecule has 2 nitrogen and oxygen atoms in total. The lowest BCUT2D eigenvalue weighted by molar-refractivity contribution is 0.614. The van der Waals surface area contributed by atoms with Gasteiger partial charge in [-0.1, -0.05) is 11.6 Å². The first-order chi connectivity index (χ1) is 6.24. The van der Waals surface area contributed by atoms with E-state index < -0.39 is 0 Å². The fourth-order valence-electron chi connectivity index (χ4n) is 1.34. The molecule has 0 aromatic carbocycles. The van der Waals surface area contributed by atoms with E-state index in [-0.39, 0.29) is 0 Å². The van der Waals surface area contributed by atoms with Gasteiger partial charge in [-0.25, -0.2) is 0 Å². The molecule has 1 heterocycles. The summed E-state index contributed by atoms with van der Waals surface area (Å²) in [6.07, 6.45) is 2.23. The third-order valence-corrected chi connectivity index (χ3v) is 4.83. The zero-order chi connectivity index (χ0) is 9.68. The first-order valence-electron chi connectivity index (χ1n) is 4.54. The Hall–Kier alpha value is 0.360. The van der Waals surface area contributed by atoms with Gasteiger partial charge in [0.1, 0.15) is 0 Å². The van der Waals surface area contributed by atoms with Gasteiger partial charge in [0.25, 0.3) is 0 Å². The quantitative estimate of drug-likeness (QED) is 0.429. The highest BCUT2D eigenvalue weighted by Crippen LogP contribution is 2.26. The zero-order valence-corrected chi connectivity index (χ0v) is 9.88. The minimum atomic E-state index is 0.336. The molecule has 0 radical (unpaired) electrons. The summed E-state index contributed by atoms with van der Waals surface area (Å²) in [5, 5.41) is 0.638. The minimum absolute atomic E-state index is 0.336. The first-order valence-corrected chi connectivity index (χ1v) is 6.75. The molecule has 13 heavy (non-hydrogen) atoms. The van der Waals surface area contributed by atoms with Crippen molar-refractivity contribution in [1.29, 1.82) is 0 Å². The van der Waals surface area contributed by atoms with Crippen molar-refractivity contribution >= 4 is 23.5 Å². The maximum absolute atomic E-state index is 5.53. The molecule has 1 fully saturated rings. The van der Waals surface area contributed by atoms with E-state index >= 15 is 0 Å². The minimum Gasteiger partial charge on any atom is -0.271 e. The summed E-state index contributed by atoms with van der Waals surface area (Å²) < 4.78 is 0. The van der Waals surface area contributed by atoms with Gasteiger partial charge < -0.3 is 0 Å². The number of allylic oxidation sites excluding steroid dienone is 1. The molecule has 1 aliphatic heterocycles. The number of hydrazine groups is 1. The fourth-order valence-corrected chi connectivity index (χ4v) is 4.14. The van der Waals surface area contributed by atoms with Crippen LogP contribution in [0.15, 0.2) is 11.6 Å². The van der Waals surface area contributed by atoms with E-state index in [1.807, 2.05) is 23.5 Å². The van der Waals surface area contributed by atoms with Crippen LogP contribution in [-0.4, -0.2) is 28.6 Å². The monoisotopic (exact) mass is 218 g/mol. The highest BCUT2D eigenvalue weighted by molar-refractivity contribution is 8.06. The lowest BCUT2D eigenvalue weighted by Crippen LogP contribution is -2.43. The Labute approximate surface area is 89.1 Å². The van der Waals surface area contributed by atoms with Crippen LogP contribution in [0, 0.1) is 0 Å². The van der Waals surface area contributed by atoms with E-state index in [4.69, 9.17) is 5.84 Å². The summed E-state index contributed by atoms with van der Waals surface area (Å²) in [6, 6.07) is 0.336. The van der Waals surface area contributed by atoms with Crippen LogP contribution >= 0.6 is 23.5 Å². The van der Waals surface area contributed by atoms with Gasteiger partial charge in [-0.05, 0) is 13.8 Å². The lowest BCUT2D eigenvalue weighted by Gasteiger charge is -2.27. The standard InChI is InChI=1S/C9H18N2S2/c1-7(2)5-8(11-10)9-6-12-3-4-13-9/h5,8-9,11H,3-4,6,10H2,1-2H3. The Balaban J connectivity index is 2.49. The zero-order valence-electron chi connectivity index (χ0n) is 8.25. The number of rotatable bonds is 3. The van der Waals surface area contributed by atoms with Crippen LogP contribution < -0.4 is 11.3 Å². The van der Waals surface area contributed by atoms with Gasteiger partial charge in [0.2, 0.25) is 0 Å². The second kappa shape index (κ2) is 5.96. The van der Waals surface area contributed by atoms with Crippen molar-refractivity contribution < 1.29 is 0 Å². The fraction of sp³-hybridized carbons (Fsp3) is 0.778. The number of hydrogen-bond donors (Lipinski definition) is 2. The van der Waals surface area contributed by atoms with Crippen LogP contribution in [0.4, 0.5) is 0 Å². The summed E-state index contributed by atoms with van der Waals surface area (Å²) in [4.78, 5) is 0. The summed E-state index contributed by atoms with van der Waals surface area (Å²) in [5.41, 5.74) is 4.23. The van der Waals surface area contributed by atoms with Gasteiger partial charge in [-0.3, -0.25) is 11.3 Å². The molecule has 4 heteroatoms. The number of nitrogens with one attached hydrogen (secondary N) is 1. The van der Waals surface area contributed by atoms with Gasteiger partial charge >= 0.3 is 0 Å². The van der Waals surface area contributed by atoms with Crippen LogP contribution in [0.5, 0.6) is 0 Å². The summed E-state index contributed by atoms with van der Waals surface area (Å²) in [6.45, 7) is 4.23. The Morgan fingerprint density at radius 3 is 2.77 bits per heavy atom. The molecule has 0 bridgehead atoms. The average Bonchev–Trinajstić information content (AvgIpc) is 2.15. The molecule has 1 aliphatic rings. The summed E-state index contributed by atoms with van der Waals surface area (Å²) in [5.74, 6) is 9.29. The van der Waals surface area contributed by atoms with Crippen LogP contribution in [0.1, 0.15) is 13.8 Å². The van der Waals surface area contributed by atoms with Crippen LogP contribution in [0.2, 0.25) is 0 Å². The predicted octanol–water partition coefficient (Wildman–Crippen LogP) is 1.63. The van der Waals surface area contributed by atoms with Crippen molar-refractivity contribution in [3.05, 3.63) is 11.6 Å². The molecular weight excluding hydrogens is 200 g/mol. The molecule has 3 N–H and O–H groups in total.